The van der Waals surface area contributed by atoms with E-state index in [2.05, 4.69) is 5.32 Å². The fourth-order valence-electron chi connectivity index (χ4n) is 1.49. The molecule has 5 nitrogen and oxygen atoms in total. The van der Waals surface area contributed by atoms with Crippen LogP contribution in [0.5, 0.6) is 0 Å². The van der Waals surface area contributed by atoms with Gasteiger partial charge in [0.05, 0.1) is 6.54 Å². The highest BCUT2D eigenvalue weighted by Crippen LogP contribution is 2.10. The summed E-state index contributed by atoms with van der Waals surface area (Å²) in [5.41, 5.74) is -0.0473. The molecule has 0 spiro atoms. The van der Waals surface area contributed by atoms with Gasteiger partial charge in [-0.25, -0.2) is 13.6 Å². The summed E-state index contributed by atoms with van der Waals surface area (Å²) in [5, 5.41) is 11.1. The van der Waals surface area contributed by atoms with E-state index in [0.29, 0.717) is 0 Å². The molecule has 2 aromatic rings. The Kier molecular flexibility index (Phi) is 3.79. The normalized spacial score (nSPS) is 10.3. The van der Waals surface area contributed by atoms with Gasteiger partial charge in [-0.2, -0.15) is 0 Å². The summed E-state index contributed by atoms with van der Waals surface area (Å²) in [5.74, 6) is -4.02. The first-order chi connectivity index (χ1) is 9.47. The van der Waals surface area contributed by atoms with Crippen LogP contribution in [0.15, 0.2) is 34.7 Å². The van der Waals surface area contributed by atoms with E-state index in [9.17, 15) is 18.4 Å². The molecule has 1 heterocycles. The molecule has 0 bridgehead atoms. The lowest BCUT2D eigenvalue weighted by molar-refractivity contribution is 0.0660. The van der Waals surface area contributed by atoms with Crippen molar-refractivity contribution in [1.29, 1.82) is 0 Å². The van der Waals surface area contributed by atoms with Crippen molar-refractivity contribution < 1.29 is 27.9 Å². The molecule has 2 N–H and O–H groups in total. The fraction of sp³-hybridized carbons (Fsp3) is 0.0769. The summed E-state index contributed by atoms with van der Waals surface area (Å²) >= 11 is 0. The number of furan rings is 1. The lowest BCUT2D eigenvalue weighted by Crippen LogP contribution is -2.22. The van der Waals surface area contributed by atoms with Crippen LogP contribution in [0.2, 0.25) is 0 Å². The summed E-state index contributed by atoms with van der Waals surface area (Å²) in [6.45, 7) is -0.0644. The molecule has 1 aromatic carbocycles. The molecule has 1 aromatic heterocycles. The second-order valence-corrected chi connectivity index (χ2v) is 3.88. The highest BCUT2D eigenvalue weighted by atomic mass is 19.2. The molecule has 2 rings (SSSR count). The van der Waals surface area contributed by atoms with Crippen LogP contribution in [0.4, 0.5) is 8.78 Å². The molecule has 0 saturated carbocycles. The largest absolute Gasteiger partial charge is 0.475 e. The van der Waals surface area contributed by atoms with E-state index in [1.807, 2.05) is 0 Å². The van der Waals surface area contributed by atoms with E-state index in [1.54, 1.807) is 0 Å². The van der Waals surface area contributed by atoms with E-state index in [-0.39, 0.29) is 23.6 Å². The van der Waals surface area contributed by atoms with Crippen LogP contribution in [0.1, 0.15) is 26.7 Å². The molecular weight excluding hydrogens is 272 g/mol. The summed E-state index contributed by atoms with van der Waals surface area (Å²) in [7, 11) is 0. The minimum atomic E-state index is -1.22. The molecule has 0 saturated heterocycles. The van der Waals surface area contributed by atoms with Gasteiger partial charge in [-0.15, -0.1) is 0 Å². The highest BCUT2D eigenvalue weighted by molar-refractivity contribution is 5.94. The number of rotatable bonds is 4. The third-order valence-electron chi connectivity index (χ3n) is 2.48. The van der Waals surface area contributed by atoms with Crippen LogP contribution in [-0.4, -0.2) is 17.0 Å². The van der Waals surface area contributed by atoms with Crippen LogP contribution >= 0.6 is 0 Å². The molecule has 20 heavy (non-hydrogen) atoms. The first-order valence-corrected chi connectivity index (χ1v) is 5.52. The number of nitrogens with one attached hydrogen (secondary N) is 1. The average molecular weight is 281 g/mol. The topological polar surface area (TPSA) is 79.5 Å². The molecular formula is C13H9F2NO4. The minimum absolute atomic E-state index is 0.0473. The van der Waals surface area contributed by atoms with Gasteiger partial charge in [0.1, 0.15) is 5.76 Å². The molecule has 0 aliphatic heterocycles. The molecule has 1 amide bonds. The first kappa shape index (κ1) is 13.7. The number of hydrogen-bond donors (Lipinski definition) is 2. The standard InChI is InChI=1S/C13H9F2NO4/c14-9-3-1-7(5-10(9)15)12(17)16-6-8-2-4-11(20-8)13(18)19/h1-5H,6H2,(H,16,17)(H,18,19). The van der Waals surface area contributed by atoms with E-state index >= 15 is 0 Å². The maximum atomic E-state index is 13.0. The summed E-state index contributed by atoms with van der Waals surface area (Å²) in [6, 6.07) is 5.41. The molecule has 0 atom stereocenters. The molecule has 0 radical (unpaired) electrons. The van der Waals surface area contributed by atoms with Crippen LogP contribution in [0.3, 0.4) is 0 Å². The predicted octanol–water partition coefficient (Wildman–Crippen LogP) is 2.19. The van der Waals surface area contributed by atoms with E-state index in [0.717, 1.165) is 18.2 Å². The zero-order valence-corrected chi connectivity index (χ0v) is 10.0. The average Bonchev–Trinajstić information content (AvgIpc) is 2.88. The van der Waals surface area contributed by atoms with Crippen molar-refractivity contribution in [2.75, 3.05) is 0 Å². The van der Waals surface area contributed by atoms with Crippen molar-refractivity contribution in [2.45, 2.75) is 6.54 Å². The smallest absolute Gasteiger partial charge is 0.371 e. The molecule has 0 fully saturated rings. The van der Waals surface area contributed by atoms with Gasteiger partial charge >= 0.3 is 5.97 Å². The van der Waals surface area contributed by atoms with Gasteiger partial charge in [0.15, 0.2) is 11.6 Å². The number of halogens is 2. The lowest BCUT2D eigenvalue weighted by atomic mass is 10.2. The van der Waals surface area contributed by atoms with Gasteiger partial charge in [0.2, 0.25) is 5.76 Å². The van der Waals surface area contributed by atoms with Crippen molar-refractivity contribution in [2.24, 2.45) is 0 Å². The van der Waals surface area contributed by atoms with E-state index in [1.165, 1.54) is 12.1 Å². The van der Waals surface area contributed by atoms with Gasteiger partial charge in [0.25, 0.3) is 5.91 Å². The second-order valence-electron chi connectivity index (χ2n) is 3.88. The fourth-order valence-corrected chi connectivity index (χ4v) is 1.49. The van der Waals surface area contributed by atoms with Crippen molar-refractivity contribution >= 4 is 11.9 Å². The second kappa shape index (κ2) is 5.52. The maximum Gasteiger partial charge on any atom is 0.371 e. The number of carboxylic acids is 1. The Bertz CT molecular complexity index is 666. The van der Waals surface area contributed by atoms with Crippen LogP contribution < -0.4 is 5.32 Å². The number of benzene rings is 1. The van der Waals surface area contributed by atoms with Crippen molar-refractivity contribution in [3.63, 3.8) is 0 Å². The number of carboxylic acid groups (broad SMARTS) is 1. The SMILES string of the molecule is O=C(NCc1ccc(C(=O)O)o1)c1ccc(F)c(F)c1. The third-order valence-corrected chi connectivity index (χ3v) is 2.48. The van der Waals surface area contributed by atoms with Crippen LogP contribution in [0.25, 0.3) is 0 Å². The monoisotopic (exact) mass is 281 g/mol. The van der Waals surface area contributed by atoms with Crippen LogP contribution in [0, 0.1) is 11.6 Å². The van der Waals surface area contributed by atoms with Crippen LogP contribution in [-0.2, 0) is 6.54 Å². The number of hydrogen-bond acceptors (Lipinski definition) is 3. The quantitative estimate of drug-likeness (QED) is 0.900. The van der Waals surface area contributed by atoms with E-state index < -0.39 is 23.5 Å². The highest BCUT2D eigenvalue weighted by Gasteiger charge is 2.12. The lowest BCUT2D eigenvalue weighted by Gasteiger charge is -2.03. The van der Waals surface area contributed by atoms with Crippen molar-refractivity contribution in [3.8, 4) is 0 Å². The first-order valence-electron chi connectivity index (χ1n) is 5.52. The molecule has 7 heteroatoms. The Morgan fingerprint density at radius 1 is 1.15 bits per heavy atom. The third kappa shape index (κ3) is 3.00. The summed E-state index contributed by atoms with van der Waals surface area (Å²) < 4.78 is 30.6. The maximum absolute atomic E-state index is 13.0. The van der Waals surface area contributed by atoms with E-state index in [4.69, 9.17) is 9.52 Å². The molecule has 0 aliphatic rings. The Morgan fingerprint density at radius 3 is 2.50 bits per heavy atom. The Labute approximate surface area is 111 Å². The molecule has 104 valence electrons. The van der Waals surface area contributed by atoms with Gasteiger partial charge in [-0.1, -0.05) is 0 Å². The van der Waals surface area contributed by atoms with Gasteiger partial charge in [-0.05, 0) is 30.3 Å². The van der Waals surface area contributed by atoms with Crippen molar-refractivity contribution in [1.82, 2.24) is 5.32 Å². The van der Waals surface area contributed by atoms with Gasteiger partial charge in [-0.3, -0.25) is 4.79 Å². The number of carbonyl (C=O) groups excluding carboxylic acids is 1. The number of carbonyl (C=O) groups is 2. The number of amides is 1. The summed E-state index contributed by atoms with van der Waals surface area (Å²) in [4.78, 5) is 22.2. The Balaban J connectivity index is 2.00. The zero-order valence-electron chi connectivity index (χ0n) is 10.0. The molecule has 0 aliphatic carbocycles. The Hall–Kier alpha value is -2.70. The summed E-state index contributed by atoms with van der Waals surface area (Å²) in [6.07, 6.45) is 0. The Morgan fingerprint density at radius 2 is 1.90 bits per heavy atom. The van der Waals surface area contributed by atoms with Gasteiger partial charge in [0, 0.05) is 5.56 Å². The minimum Gasteiger partial charge on any atom is -0.475 e. The number of aromatic carboxylic acids is 1. The zero-order chi connectivity index (χ0) is 14.7. The molecule has 0 unspecified atom stereocenters. The van der Waals surface area contributed by atoms with Gasteiger partial charge < -0.3 is 14.8 Å². The van der Waals surface area contributed by atoms with Crippen molar-refractivity contribution in [3.05, 3.63) is 59.1 Å². The predicted molar refractivity (Wildman–Crippen MR) is 63.2 cm³/mol.